The highest BCUT2D eigenvalue weighted by atomic mass is 31.1. The fraction of sp³-hybridized carbons (Fsp3) is 0.529. The first kappa shape index (κ1) is 14.0. The van der Waals surface area contributed by atoms with Crippen molar-refractivity contribution in [3.8, 4) is 11.5 Å². The first-order valence-corrected chi connectivity index (χ1v) is 8.79. The molecule has 1 saturated heterocycles. The van der Waals surface area contributed by atoms with Crippen molar-refractivity contribution in [3.05, 3.63) is 35.4 Å². The molecule has 0 unspecified atom stereocenters. The number of ether oxygens (including phenoxy) is 1. The van der Waals surface area contributed by atoms with E-state index in [4.69, 9.17) is 9.26 Å². The third-order valence-corrected chi connectivity index (χ3v) is 6.54. The molecule has 2 bridgehead atoms. The summed E-state index contributed by atoms with van der Waals surface area (Å²) in [6.07, 6.45) is 5.08. The van der Waals surface area contributed by atoms with Crippen molar-refractivity contribution < 1.29 is 18.9 Å². The van der Waals surface area contributed by atoms with Crippen molar-refractivity contribution >= 4 is 8.69 Å². The number of nitrogens with zero attached hydrogens (tertiary/aromatic N) is 1. The SMILES string of the molecule is CN1CC[C@]23c4c5ccc(OP=O)c4O[C@H]2[C@@H](O)C=C[C@H]3[C@H]1C5. The monoisotopic (exact) mass is 331 g/mol. The van der Waals surface area contributed by atoms with Crippen molar-refractivity contribution in [2.45, 2.75) is 36.5 Å². The van der Waals surface area contributed by atoms with Crippen molar-refractivity contribution in [2.24, 2.45) is 5.92 Å². The summed E-state index contributed by atoms with van der Waals surface area (Å²) < 4.78 is 22.4. The summed E-state index contributed by atoms with van der Waals surface area (Å²) in [6, 6.07) is 4.34. The summed E-state index contributed by atoms with van der Waals surface area (Å²) in [5.41, 5.74) is 2.27. The van der Waals surface area contributed by atoms with Gasteiger partial charge in [-0.2, -0.15) is 0 Å². The molecule has 5 atom stereocenters. The Morgan fingerprint density at radius 3 is 3.13 bits per heavy atom. The number of aliphatic hydroxyl groups is 1. The molecule has 4 aliphatic rings. The van der Waals surface area contributed by atoms with Gasteiger partial charge in [0.1, 0.15) is 12.2 Å². The van der Waals surface area contributed by atoms with Gasteiger partial charge in [-0.25, -0.2) is 4.57 Å². The van der Waals surface area contributed by atoms with Crippen LogP contribution in [0.1, 0.15) is 17.5 Å². The van der Waals surface area contributed by atoms with Crippen LogP contribution in [0.25, 0.3) is 0 Å². The van der Waals surface area contributed by atoms with E-state index in [-0.39, 0.29) is 20.2 Å². The highest BCUT2D eigenvalue weighted by Gasteiger charge is 2.64. The van der Waals surface area contributed by atoms with Gasteiger partial charge in [0, 0.05) is 22.9 Å². The number of rotatable bonds is 2. The molecule has 23 heavy (non-hydrogen) atoms. The van der Waals surface area contributed by atoms with Crippen molar-refractivity contribution in [1.82, 2.24) is 4.90 Å². The smallest absolute Gasteiger partial charge is 0.395 e. The quantitative estimate of drug-likeness (QED) is 0.664. The van der Waals surface area contributed by atoms with Crippen molar-refractivity contribution in [2.75, 3.05) is 13.6 Å². The van der Waals surface area contributed by atoms with E-state index < -0.39 is 6.10 Å². The van der Waals surface area contributed by atoms with Gasteiger partial charge in [-0.05, 0) is 38.1 Å². The molecule has 1 N–H and O–H groups in total. The van der Waals surface area contributed by atoms with Gasteiger partial charge < -0.3 is 19.3 Å². The molecule has 0 radical (unpaired) electrons. The predicted octanol–water partition coefficient (Wildman–Crippen LogP) is 2.08. The molecule has 2 aliphatic carbocycles. The van der Waals surface area contributed by atoms with E-state index in [1.165, 1.54) is 11.1 Å². The second kappa shape index (κ2) is 4.56. The van der Waals surface area contributed by atoms with Gasteiger partial charge in [0.25, 0.3) is 0 Å². The summed E-state index contributed by atoms with van der Waals surface area (Å²) in [5.74, 6) is 1.53. The molecule has 120 valence electrons. The Kier molecular flexibility index (Phi) is 2.77. The second-order valence-electron chi connectivity index (χ2n) is 7.07. The van der Waals surface area contributed by atoms with E-state index in [0.29, 0.717) is 23.5 Å². The molecule has 5 rings (SSSR count). The molecule has 6 heteroatoms. The van der Waals surface area contributed by atoms with E-state index in [0.717, 1.165) is 19.4 Å². The van der Waals surface area contributed by atoms with Crippen LogP contribution < -0.4 is 9.26 Å². The number of hydrogen-bond acceptors (Lipinski definition) is 5. The van der Waals surface area contributed by atoms with Crippen molar-refractivity contribution in [3.63, 3.8) is 0 Å². The van der Waals surface area contributed by atoms with Crippen LogP contribution in [0.5, 0.6) is 11.5 Å². The van der Waals surface area contributed by atoms with Gasteiger partial charge >= 0.3 is 8.69 Å². The zero-order valence-electron chi connectivity index (χ0n) is 12.8. The van der Waals surface area contributed by atoms with Crippen LogP contribution in [0.3, 0.4) is 0 Å². The fourth-order valence-electron chi connectivity index (χ4n) is 5.34. The molecule has 1 spiro atoms. The molecule has 2 aliphatic heterocycles. The lowest BCUT2D eigenvalue weighted by molar-refractivity contribution is -0.0452. The first-order chi connectivity index (χ1) is 11.2. The van der Waals surface area contributed by atoms with Crippen molar-refractivity contribution in [1.29, 1.82) is 0 Å². The summed E-state index contributed by atoms with van der Waals surface area (Å²) >= 11 is 0. The molecular weight excluding hydrogens is 313 g/mol. The van der Waals surface area contributed by atoms with Crippen LogP contribution in [0.15, 0.2) is 24.3 Å². The lowest BCUT2D eigenvalue weighted by Gasteiger charge is -2.56. The van der Waals surface area contributed by atoms with Crippen LogP contribution in [0, 0.1) is 5.92 Å². The Balaban J connectivity index is 1.79. The number of likely N-dealkylation sites (tertiary alicyclic amines) is 1. The van der Waals surface area contributed by atoms with Gasteiger partial charge in [0.15, 0.2) is 11.5 Å². The number of aliphatic hydroxyl groups excluding tert-OH is 1. The van der Waals surface area contributed by atoms with Crippen LogP contribution in [0.4, 0.5) is 0 Å². The third kappa shape index (κ3) is 1.56. The molecule has 0 aromatic heterocycles. The minimum Gasteiger partial charge on any atom is -0.482 e. The average molecular weight is 331 g/mol. The van der Waals surface area contributed by atoms with Gasteiger partial charge in [-0.15, -0.1) is 0 Å². The summed E-state index contributed by atoms with van der Waals surface area (Å²) in [7, 11) is 1.79. The van der Waals surface area contributed by atoms with Crippen LogP contribution in [-0.2, 0) is 16.4 Å². The maximum atomic E-state index is 10.9. The Hall–Kier alpha value is -1.42. The first-order valence-electron chi connectivity index (χ1n) is 8.06. The maximum absolute atomic E-state index is 10.9. The fourth-order valence-corrected chi connectivity index (χ4v) is 5.56. The minimum absolute atomic E-state index is 0.187. The van der Waals surface area contributed by atoms with Gasteiger partial charge in [-0.1, -0.05) is 18.2 Å². The van der Waals surface area contributed by atoms with E-state index in [2.05, 4.69) is 24.1 Å². The normalized spacial score (nSPS) is 39.9. The highest BCUT2D eigenvalue weighted by molar-refractivity contribution is 7.17. The second-order valence-corrected chi connectivity index (χ2v) is 7.41. The standard InChI is InChI=1S/C17H18NO4P/c1-18-7-6-17-10-3-4-12(19)16(17)21-15-13(22-23-20)5-2-9(14(15)17)8-11(10)18/h2-5,10-12,16,19H,6-8H2,1H3/t10-,11+,12-,16-,17-/m0/s1. The zero-order chi connectivity index (χ0) is 15.8. The highest BCUT2D eigenvalue weighted by Crippen LogP contribution is 2.62. The Bertz CT molecular complexity index is 736. The molecule has 0 saturated carbocycles. The third-order valence-electron chi connectivity index (χ3n) is 6.27. The Labute approximate surface area is 136 Å². The van der Waals surface area contributed by atoms with Gasteiger partial charge in [0.2, 0.25) is 0 Å². The molecule has 1 aromatic carbocycles. The molecule has 1 aromatic rings. The summed E-state index contributed by atoms with van der Waals surface area (Å²) in [4.78, 5) is 2.43. The van der Waals surface area contributed by atoms with E-state index in [1.807, 2.05) is 12.1 Å². The Morgan fingerprint density at radius 2 is 2.30 bits per heavy atom. The molecular formula is C17H18NO4P. The number of hydrogen-bond donors (Lipinski definition) is 1. The lowest BCUT2D eigenvalue weighted by atomic mass is 9.53. The van der Waals surface area contributed by atoms with Crippen LogP contribution in [-0.4, -0.2) is 41.8 Å². The van der Waals surface area contributed by atoms with Gasteiger partial charge in [-0.3, -0.25) is 0 Å². The predicted molar refractivity (Wildman–Crippen MR) is 84.1 cm³/mol. The molecule has 1 fully saturated rings. The minimum atomic E-state index is -0.619. The number of piperidine rings is 1. The molecule has 5 nitrogen and oxygen atoms in total. The zero-order valence-corrected chi connectivity index (χ0v) is 13.7. The van der Waals surface area contributed by atoms with E-state index in [9.17, 15) is 9.67 Å². The Morgan fingerprint density at radius 1 is 1.43 bits per heavy atom. The summed E-state index contributed by atoms with van der Waals surface area (Å²) in [6.45, 7) is 0.991. The van der Waals surface area contributed by atoms with Crippen LogP contribution in [0.2, 0.25) is 0 Å². The maximum Gasteiger partial charge on any atom is 0.395 e. The number of likely N-dealkylation sites (N-methyl/N-ethyl adjacent to an activating group) is 1. The molecule has 0 amide bonds. The van der Waals surface area contributed by atoms with Gasteiger partial charge in [0.05, 0.1) is 0 Å². The summed E-state index contributed by atoms with van der Waals surface area (Å²) in [5, 5.41) is 10.5. The van der Waals surface area contributed by atoms with E-state index in [1.54, 1.807) is 0 Å². The molecule has 2 heterocycles. The lowest BCUT2D eigenvalue weighted by Crippen LogP contribution is -2.64. The number of benzene rings is 1. The largest absolute Gasteiger partial charge is 0.482 e. The average Bonchev–Trinajstić information content (AvgIpc) is 2.90. The topological polar surface area (TPSA) is 59.0 Å². The van der Waals surface area contributed by atoms with E-state index >= 15 is 0 Å². The van der Waals surface area contributed by atoms with Crippen LogP contribution >= 0.6 is 8.69 Å².